The van der Waals surface area contributed by atoms with E-state index in [1.165, 1.54) is 25.1 Å². The Morgan fingerprint density at radius 3 is 2.35 bits per heavy atom. The predicted molar refractivity (Wildman–Crippen MR) is 120 cm³/mol. The Morgan fingerprint density at radius 2 is 1.71 bits per heavy atom. The van der Waals surface area contributed by atoms with Crippen LogP contribution in [0.1, 0.15) is 29.8 Å². The van der Waals surface area contributed by atoms with E-state index in [0.717, 1.165) is 6.07 Å². The molecule has 7 nitrogen and oxygen atoms in total. The van der Waals surface area contributed by atoms with Gasteiger partial charge in [-0.25, -0.2) is 0 Å². The minimum absolute atomic E-state index is 0.0852. The lowest BCUT2D eigenvalue weighted by Crippen LogP contribution is -2.53. The Hall–Kier alpha value is -3.40. The third-order valence-corrected chi connectivity index (χ3v) is 5.46. The van der Waals surface area contributed by atoms with Crippen LogP contribution in [0, 0.1) is 0 Å². The molecule has 1 unspecified atom stereocenters. The number of nitrogens with one attached hydrogen (secondary N) is 1. The predicted octanol–water partition coefficient (Wildman–Crippen LogP) is 3.46. The van der Waals surface area contributed by atoms with Gasteiger partial charge in [0.1, 0.15) is 5.75 Å². The number of amides is 2. The molecule has 1 aliphatic heterocycles. The molecule has 0 spiro atoms. The number of hydrogen-bond donors (Lipinski definition) is 1. The van der Waals surface area contributed by atoms with Crippen molar-refractivity contribution < 1.29 is 32.3 Å². The normalized spacial score (nSPS) is 15.5. The zero-order valence-electron chi connectivity index (χ0n) is 18.9. The number of rotatable bonds is 7. The first-order valence-corrected chi connectivity index (χ1v) is 10.8. The minimum atomic E-state index is -4.57. The molecule has 2 aromatic rings. The molecule has 10 heteroatoms. The average Bonchev–Trinajstić information content (AvgIpc) is 2.79. The summed E-state index contributed by atoms with van der Waals surface area (Å²) in [5.41, 5.74) is -0.697. The number of ketones is 1. The van der Waals surface area contributed by atoms with Crippen LogP contribution in [0.15, 0.2) is 48.5 Å². The highest BCUT2D eigenvalue weighted by Crippen LogP contribution is 2.34. The Kier molecular flexibility index (Phi) is 7.93. The Balaban J connectivity index is 1.49. The summed E-state index contributed by atoms with van der Waals surface area (Å²) in [5.74, 6) is -0.468. The number of hydrogen-bond acceptors (Lipinski definition) is 5. The number of benzene rings is 2. The molecule has 3 rings (SSSR count). The fraction of sp³-hybridized carbons (Fsp3) is 0.375. The van der Waals surface area contributed by atoms with E-state index in [0.29, 0.717) is 37.5 Å². The number of para-hydroxylation sites is 1. The van der Waals surface area contributed by atoms with Crippen molar-refractivity contribution in [2.24, 2.45) is 0 Å². The fourth-order valence-corrected chi connectivity index (χ4v) is 3.66. The Morgan fingerprint density at radius 1 is 1.03 bits per heavy atom. The van der Waals surface area contributed by atoms with E-state index in [1.807, 2.05) is 0 Å². The van der Waals surface area contributed by atoms with Gasteiger partial charge >= 0.3 is 6.18 Å². The molecule has 2 amide bonds. The fourth-order valence-electron chi connectivity index (χ4n) is 3.66. The van der Waals surface area contributed by atoms with Gasteiger partial charge in [0.05, 0.1) is 17.8 Å². The van der Waals surface area contributed by atoms with Gasteiger partial charge in [-0.2, -0.15) is 13.2 Å². The van der Waals surface area contributed by atoms with Crippen LogP contribution in [0.4, 0.5) is 18.9 Å². The molecule has 1 N–H and O–H groups in total. The second-order valence-corrected chi connectivity index (χ2v) is 8.04. The van der Waals surface area contributed by atoms with E-state index in [9.17, 15) is 27.6 Å². The summed E-state index contributed by atoms with van der Waals surface area (Å²) in [6, 6.07) is 11.4. The van der Waals surface area contributed by atoms with Gasteiger partial charge in [0.25, 0.3) is 5.91 Å². The number of anilines is 1. The second kappa shape index (κ2) is 10.7. The number of halogens is 3. The molecule has 2 aromatic carbocycles. The van der Waals surface area contributed by atoms with Crippen LogP contribution < -0.4 is 10.1 Å². The molecule has 0 radical (unpaired) electrons. The van der Waals surface area contributed by atoms with Gasteiger partial charge in [0.15, 0.2) is 11.9 Å². The topological polar surface area (TPSA) is 79.0 Å². The van der Waals surface area contributed by atoms with Crippen LogP contribution in [0.3, 0.4) is 0 Å². The summed E-state index contributed by atoms with van der Waals surface area (Å²) < 4.78 is 45.0. The zero-order chi connectivity index (χ0) is 24.9. The van der Waals surface area contributed by atoms with Crippen LogP contribution >= 0.6 is 0 Å². The Labute approximate surface area is 195 Å². The van der Waals surface area contributed by atoms with Crippen molar-refractivity contribution in [3.8, 4) is 5.75 Å². The SMILES string of the molecule is CC(=O)c1cccc(OC(C)C(=O)N2CCN(CC(=O)Nc3ccccc3C(F)(F)F)CC2)c1. The molecule has 0 bridgehead atoms. The first kappa shape index (κ1) is 25.2. The van der Waals surface area contributed by atoms with Gasteiger partial charge in [-0.05, 0) is 38.1 Å². The van der Waals surface area contributed by atoms with Gasteiger partial charge in [-0.1, -0.05) is 24.3 Å². The maximum atomic E-state index is 13.1. The van der Waals surface area contributed by atoms with Crippen LogP contribution in [0.2, 0.25) is 0 Å². The van der Waals surface area contributed by atoms with Crippen LogP contribution in [-0.4, -0.2) is 66.2 Å². The van der Waals surface area contributed by atoms with Crippen LogP contribution in [0.25, 0.3) is 0 Å². The third-order valence-electron chi connectivity index (χ3n) is 5.46. The number of ether oxygens (including phenoxy) is 1. The van der Waals surface area contributed by atoms with Crippen molar-refractivity contribution in [2.75, 3.05) is 38.0 Å². The smallest absolute Gasteiger partial charge is 0.418 e. The molecule has 0 saturated carbocycles. The first-order chi connectivity index (χ1) is 16.0. The zero-order valence-corrected chi connectivity index (χ0v) is 18.9. The quantitative estimate of drug-likeness (QED) is 0.618. The molecule has 0 aromatic heterocycles. The van der Waals surface area contributed by atoms with Gasteiger partial charge < -0.3 is 15.0 Å². The number of piperazine rings is 1. The Bertz CT molecular complexity index is 1050. The third kappa shape index (κ3) is 6.57. The molecule has 0 aliphatic carbocycles. The van der Waals surface area contributed by atoms with E-state index in [-0.39, 0.29) is 23.9 Å². The lowest BCUT2D eigenvalue weighted by Gasteiger charge is -2.35. The van der Waals surface area contributed by atoms with Gasteiger partial charge in [0, 0.05) is 31.7 Å². The number of carbonyl (C=O) groups is 3. The highest BCUT2D eigenvalue weighted by molar-refractivity contribution is 5.94. The van der Waals surface area contributed by atoms with Crippen molar-refractivity contribution in [1.29, 1.82) is 0 Å². The number of Topliss-reactive ketones (excluding diaryl/α,β-unsaturated/α-hetero) is 1. The van der Waals surface area contributed by atoms with Crippen molar-refractivity contribution in [3.05, 3.63) is 59.7 Å². The molecule has 1 saturated heterocycles. The summed E-state index contributed by atoms with van der Waals surface area (Å²) in [4.78, 5) is 40.0. The van der Waals surface area contributed by atoms with E-state index in [2.05, 4.69) is 5.32 Å². The summed E-state index contributed by atoms with van der Waals surface area (Å²) in [7, 11) is 0. The van der Waals surface area contributed by atoms with Gasteiger partial charge in [-0.3, -0.25) is 19.3 Å². The maximum absolute atomic E-state index is 13.1. The minimum Gasteiger partial charge on any atom is -0.481 e. The summed E-state index contributed by atoms with van der Waals surface area (Å²) >= 11 is 0. The molecule has 34 heavy (non-hydrogen) atoms. The maximum Gasteiger partial charge on any atom is 0.418 e. The van der Waals surface area contributed by atoms with Crippen LogP contribution in [0.5, 0.6) is 5.75 Å². The molecule has 1 aliphatic rings. The van der Waals surface area contributed by atoms with Crippen molar-refractivity contribution in [3.63, 3.8) is 0 Å². The second-order valence-electron chi connectivity index (χ2n) is 8.04. The van der Waals surface area contributed by atoms with E-state index < -0.39 is 23.8 Å². The number of nitrogens with zero attached hydrogens (tertiary/aromatic N) is 2. The van der Waals surface area contributed by atoms with Gasteiger partial charge in [-0.15, -0.1) is 0 Å². The van der Waals surface area contributed by atoms with Crippen LogP contribution in [-0.2, 0) is 15.8 Å². The lowest BCUT2D eigenvalue weighted by molar-refractivity contribution is -0.139. The molecule has 1 atom stereocenters. The average molecular weight is 477 g/mol. The van der Waals surface area contributed by atoms with Crippen molar-refractivity contribution in [2.45, 2.75) is 26.1 Å². The molecular weight excluding hydrogens is 451 g/mol. The molecule has 182 valence electrons. The summed E-state index contributed by atoms with van der Waals surface area (Å²) in [5, 5.41) is 2.33. The van der Waals surface area contributed by atoms with Crippen molar-refractivity contribution >= 4 is 23.3 Å². The first-order valence-electron chi connectivity index (χ1n) is 10.8. The van der Waals surface area contributed by atoms with E-state index in [4.69, 9.17) is 4.74 Å². The summed E-state index contributed by atoms with van der Waals surface area (Å²) in [6.45, 7) is 4.49. The lowest BCUT2D eigenvalue weighted by atomic mass is 10.1. The van der Waals surface area contributed by atoms with E-state index in [1.54, 1.807) is 41.0 Å². The van der Waals surface area contributed by atoms with Crippen molar-refractivity contribution in [1.82, 2.24) is 9.80 Å². The summed E-state index contributed by atoms with van der Waals surface area (Å²) in [6.07, 6.45) is -5.34. The van der Waals surface area contributed by atoms with E-state index >= 15 is 0 Å². The number of carbonyl (C=O) groups excluding carboxylic acids is 3. The number of alkyl halides is 3. The molecular formula is C24H26F3N3O4. The monoisotopic (exact) mass is 477 g/mol. The standard InChI is InChI=1S/C24H26F3N3O4/c1-16(31)18-6-5-7-19(14-18)34-17(2)23(33)30-12-10-29(11-13-30)15-22(32)28-21-9-4-3-8-20(21)24(25,26)27/h3-9,14,17H,10-13,15H2,1-2H3,(H,28,32). The highest BCUT2D eigenvalue weighted by Gasteiger charge is 2.34. The highest BCUT2D eigenvalue weighted by atomic mass is 19.4. The molecule has 1 heterocycles. The largest absolute Gasteiger partial charge is 0.481 e. The van der Waals surface area contributed by atoms with Gasteiger partial charge in [0.2, 0.25) is 5.91 Å². The molecule has 1 fully saturated rings.